The lowest BCUT2D eigenvalue weighted by Gasteiger charge is -2.39. The Bertz CT molecular complexity index is 285. The lowest BCUT2D eigenvalue weighted by atomic mass is 9.79. The summed E-state index contributed by atoms with van der Waals surface area (Å²) in [5, 5.41) is 4.03. The van der Waals surface area contributed by atoms with Gasteiger partial charge in [-0.1, -0.05) is 26.7 Å². The Morgan fingerprint density at radius 1 is 0.895 bits per heavy atom. The fourth-order valence-electron chi connectivity index (χ4n) is 4.69. The van der Waals surface area contributed by atoms with Crippen LogP contribution in [0.15, 0.2) is 0 Å². The molecule has 3 fully saturated rings. The van der Waals surface area contributed by atoms with E-state index in [9.17, 15) is 0 Å². The molecule has 3 aliphatic rings. The van der Waals surface area contributed by atoms with E-state index < -0.39 is 0 Å². The van der Waals surface area contributed by atoms with Gasteiger partial charge in [-0.05, 0) is 63.5 Å². The van der Waals surface area contributed by atoms with Gasteiger partial charge in [-0.25, -0.2) is 0 Å². The minimum Gasteiger partial charge on any atom is -0.311 e. The molecule has 4 atom stereocenters. The van der Waals surface area contributed by atoms with Crippen LogP contribution in [-0.2, 0) is 0 Å². The molecule has 110 valence electrons. The molecule has 0 spiro atoms. The quantitative estimate of drug-likeness (QED) is 0.840. The maximum absolute atomic E-state index is 4.03. The molecule has 2 heteroatoms. The molecule has 2 nitrogen and oxygen atoms in total. The summed E-state index contributed by atoms with van der Waals surface area (Å²) in [4.78, 5) is 2.73. The first-order valence-electron chi connectivity index (χ1n) is 8.72. The van der Waals surface area contributed by atoms with Crippen molar-refractivity contribution >= 4 is 0 Å². The third-order valence-electron chi connectivity index (χ3n) is 5.95. The number of rotatable bonds is 3. The number of fused-ring (bicyclic) bond motifs is 1. The summed E-state index contributed by atoms with van der Waals surface area (Å²) < 4.78 is 0. The SMILES string of the molecule is CC(C)C1CCCC(NC2CCN3CCCC3C2)C1. The molecule has 3 rings (SSSR count). The van der Waals surface area contributed by atoms with Crippen LogP contribution < -0.4 is 5.32 Å². The molecule has 19 heavy (non-hydrogen) atoms. The van der Waals surface area contributed by atoms with Gasteiger partial charge in [-0.3, -0.25) is 0 Å². The molecule has 1 N–H and O–H groups in total. The van der Waals surface area contributed by atoms with Gasteiger partial charge in [-0.15, -0.1) is 0 Å². The Labute approximate surface area is 119 Å². The Hall–Kier alpha value is -0.0800. The largest absolute Gasteiger partial charge is 0.311 e. The highest BCUT2D eigenvalue weighted by atomic mass is 15.2. The highest BCUT2D eigenvalue weighted by Gasteiger charge is 2.33. The molecule has 0 bridgehead atoms. The first kappa shape index (κ1) is 13.9. The fraction of sp³-hybridized carbons (Fsp3) is 1.00. The maximum Gasteiger partial charge on any atom is 0.0111 e. The first-order valence-corrected chi connectivity index (χ1v) is 8.72. The zero-order valence-electron chi connectivity index (χ0n) is 12.9. The van der Waals surface area contributed by atoms with E-state index in [0.29, 0.717) is 0 Å². The molecule has 2 heterocycles. The summed E-state index contributed by atoms with van der Waals surface area (Å²) in [6, 6.07) is 2.55. The van der Waals surface area contributed by atoms with Crippen molar-refractivity contribution in [3.8, 4) is 0 Å². The second-order valence-corrected chi connectivity index (χ2v) is 7.59. The van der Waals surface area contributed by atoms with Gasteiger partial charge in [0.25, 0.3) is 0 Å². The average Bonchev–Trinajstić information content (AvgIpc) is 2.86. The van der Waals surface area contributed by atoms with Crippen LogP contribution in [0.5, 0.6) is 0 Å². The van der Waals surface area contributed by atoms with Gasteiger partial charge in [-0.2, -0.15) is 0 Å². The monoisotopic (exact) mass is 264 g/mol. The number of nitrogens with one attached hydrogen (secondary N) is 1. The second kappa shape index (κ2) is 6.13. The van der Waals surface area contributed by atoms with Crippen molar-refractivity contribution in [3.05, 3.63) is 0 Å². The summed E-state index contributed by atoms with van der Waals surface area (Å²) in [6.45, 7) is 7.53. The van der Waals surface area contributed by atoms with Crippen LogP contribution in [0.2, 0.25) is 0 Å². The smallest absolute Gasteiger partial charge is 0.0111 e. The van der Waals surface area contributed by atoms with E-state index in [0.717, 1.165) is 30.0 Å². The van der Waals surface area contributed by atoms with E-state index in [2.05, 4.69) is 24.1 Å². The zero-order chi connectivity index (χ0) is 13.2. The van der Waals surface area contributed by atoms with Crippen molar-refractivity contribution in [2.45, 2.75) is 83.3 Å². The van der Waals surface area contributed by atoms with Gasteiger partial charge in [0.2, 0.25) is 0 Å². The Balaban J connectivity index is 1.48. The van der Waals surface area contributed by atoms with Crippen molar-refractivity contribution in [2.24, 2.45) is 11.8 Å². The van der Waals surface area contributed by atoms with E-state index in [1.165, 1.54) is 64.5 Å². The topological polar surface area (TPSA) is 15.3 Å². The van der Waals surface area contributed by atoms with Crippen LogP contribution in [0.25, 0.3) is 0 Å². The summed E-state index contributed by atoms with van der Waals surface area (Å²) in [5.74, 6) is 1.85. The normalized spacial score (nSPS) is 40.6. The predicted octanol–water partition coefficient (Wildman–Crippen LogP) is 3.42. The summed E-state index contributed by atoms with van der Waals surface area (Å²) in [5.41, 5.74) is 0. The number of hydrogen-bond donors (Lipinski definition) is 1. The van der Waals surface area contributed by atoms with Gasteiger partial charge in [0.05, 0.1) is 0 Å². The maximum atomic E-state index is 4.03. The van der Waals surface area contributed by atoms with Gasteiger partial charge in [0.1, 0.15) is 0 Å². The molecule has 0 amide bonds. The van der Waals surface area contributed by atoms with Gasteiger partial charge in [0, 0.05) is 18.1 Å². The lowest BCUT2D eigenvalue weighted by Crippen LogP contribution is -2.49. The molecule has 0 radical (unpaired) electrons. The molecule has 0 aromatic carbocycles. The second-order valence-electron chi connectivity index (χ2n) is 7.59. The predicted molar refractivity (Wildman–Crippen MR) is 81.3 cm³/mol. The lowest BCUT2D eigenvalue weighted by molar-refractivity contribution is 0.145. The molecule has 2 saturated heterocycles. The number of nitrogens with zero attached hydrogens (tertiary/aromatic N) is 1. The number of hydrogen-bond acceptors (Lipinski definition) is 2. The average molecular weight is 264 g/mol. The van der Waals surface area contributed by atoms with Crippen molar-refractivity contribution in [2.75, 3.05) is 13.1 Å². The van der Waals surface area contributed by atoms with Crippen LogP contribution >= 0.6 is 0 Å². The first-order chi connectivity index (χ1) is 9.22. The number of piperidine rings is 1. The standard InChI is InChI=1S/C17H32N2/c1-13(2)14-5-3-6-15(11-14)18-16-8-10-19-9-4-7-17(19)12-16/h13-18H,3-12H2,1-2H3. The Kier molecular flexibility index (Phi) is 4.48. The van der Waals surface area contributed by atoms with E-state index in [1.54, 1.807) is 0 Å². The van der Waals surface area contributed by atoms with Crippen molar-refractivity contribution in [3.63, 3.8) is 0 Å². The summed E-state index contributed by atoms with van der Waals surface area (Å²) >= 11 is 0. The molecule has 1 saturated carbocycles. The van der Waals surface area contributed by atoms with Gasteiger partial charge < -0.3 is 10.2 Å². The third kappa shape index (κ3) is 3.33. The summed E-state index contributed by atoms with van der Waals surface area (Å²) in [7, 11) is 0. The highest BCUT2D eigenvalue weighted by molar-refractivity contribution is 4.91. The molecular formula is C17H32N2. The molecule has 4 unspecified atom stereocenters. The molecular weight excluding hydrogens is 232 g/mol. The zero-order valence-corrected chi connectivity index (χ0v) is 12.9. The van der Waals surface area contributed by atoms with Crippen molar-refractivity contribution in [1.29, 1.82) is 0 Å². The van der Waals surface area contributed by atoms with Crippen LogP contribution in [-0.4, -0.2) is 36.1 Å². The molecule has 1 aliphatic carbocycles. The Morgan fingerprint density at radius 2 is 1.74 bits per heavy atom. The minimum atomic E-state index is 0.815. The molecule has 2 aliphatic heterocycles. The van der Waals surface area contributed by atoms with Crippen LogP contribution in [0, 0.1) is 11.8 Å². The fourth-order valence-corrected chi connectivity index (χ4v) is 4.69. The van der Waals surface area contributed by atoms with Crippen LogP contribution in [0.1, 0.15) is 65.2 Å². The van der Waals surface area contributed by atoms with Crippen LogP contribution in [0.4, 0.5) is 0 Å². The van der Waals surface area contributed by atoms with E-state index in [-0.39, 0.29) is 0 Å². The van der Waals surface area contributed by atoms with Crippen molar-refractivity contribution < 1.29 is 0 Å². The van der Waals surface area contributed by atoms with Crippen molar-refractivity contribution in [1.82, 2.24) is 10.2 Å². The molecule has 0 aromatic rings. The summed E-state index contributed by atoms with van der Waals surface area (Å²) in [6.07, 6.45) is 11.5. The van der Waals surface area contributed by atoms with E-state index >= 15 is 0 Å². The van der Waals surface area contributed by atoms with Crippen LogP contribution in [0.3, 0.4) is 0 Å². The molecule has 0 aromatic heterocycles. The third-order valence-corrected chi connectivity index (χ3v) is 5.95. The highest BCUT2D eigenvalue weighted by Crippen LogP contribution is 2.32. The van der Waals surface area contributed by atoms with E-state index in [1.807, 2.05) is 0 Å². The van der Waals surface area contributed by atoms with E-state index in [4.69, 9.17) is 0 Å². The Morgan fingerprint density at radius 3 is 2.58 bits per heavy atom. The minimum absolute atomic E-state index is 0.815. The van der Waals surface area contributed by atoms with Gasteiger partial charge in [0.15, 0.2) is 0 Å². The van der Waals surface area contributed by atoms with Gasteiger partial charge >= 0.3 is 0 Å².